The summed E-state index contributed by atoms with van der Waals surface area (Å²) in [6.07, 6.45) is 9.14. The monoisotopic (exact) mass is 282 g/mol. The van der Waals surface area contributed by atoms with Gasteiger partial charge >= 0.3 is 5.97 Å². The highest BCUT2D eigenvalue weighted by atomic mass is 16.5. The first-order chi connectivity index (χ1) is 9.76. The van der Waals surface area contributed by atoms with Crippen LogP contribution in [-0.2, 0) is 9.53 Å². The standard InChI is InChI=1S/C16H30N2O2/c1-3-10-17-14(16(19)20-2)12-18-11-6-8-13-7-4-5-9-15(13)18/h13-15,17H,3-12H2,1-2H3. The Morgan fingerprint density at radius 3 is 2.80 bits per heavy atom. The zero-order chi connectivity index (χ0) is 14.4. The van der Waals surface area contributed by atoms with Crippen LogP contribution in [0.1, 0.15) is 51.9 Å². The van der Waals surface area contributed by atoms with Crippen LogP contribution in [0.2, 0.25) is 0 Å². The van der Waals surface area contributed by atoms with E-state index in [1.807, 2.05) is 0 Å². The van der Waals surface area contributed by atoms with Crippen molar-refractivity contribution >= 4 is 5.97 Å². The fraction of sp³-hybridized carbons (Fsp3) is 0.938. The Labute approximate surface area is 123 Å². The summed E-state index contributed by atoms with van der Waals surface area (Å²) in [5.74, 6) is 0.748. The van der Waals surface area contributed by atoms with E-state index < -0.39 is 0 Å². The number of ether oxygens (including phenoxy) is 1. The van der Waals surface area contributed by atoms with Crippen LogP contribution in [-0.4, -0.2) is 49.7 Å². The van der Waals surface area contributed by atoms with Crippen LogP contribution in [0.4, 0.5) is 0 Å². The van der Waals surface area contributed by atoms with Crippen molar-refractivity contribution in [3.05, 3.63) is 0 Å². The average molecular weight is 282 g/mol. The Morgan fingerprint density at radius 2 is 2.05 bits per heavy atom. The number of rotatable bonds is 6. The molecule has 0 bridgehead atoms. The van der Waals surface area contributed by atoms with Crippen molar-refractivity contribution in [3.8, 4) is 0 Å². The number of nitrogens with zero attached hydrogens (tertiary/aromatic N) is 1. The highest BCUT2D eigenvalue weighted by Crippen LogP contribution is 2.35. The highest BCUT2D eigenvalue weighted by Gasteiger charge is 2.35. The molecule has 1 N–H and O–H groups in total. The fourth-order valence-corrected chi connectivity index (χ4v) is 3.87. The third kappa shape index (κ3) is 3.95. The molecule has 0 aromatic carbocycles. The van der Waals surface area contributed by atoms with Gasteiger partial charge in [0, 0.05) is 12.6 Å². The van der Waals surface area contributed by atoms with Gasteiger partial charge in [-0.05, 0) is 51.1 Å². The van der Waals surface area contributed by atoms with Crippen LogP contribution in [0.15, 0.2) is 0 Å². The van der Waals surface area contributed by atoms with Gasteiger partial charge in [-0.1, -0.05) is 19.8 Å². The van der Waals surface area contributed by atoms with Crippen LogP contribution in [0.3, 0.4) is 0 Å². The van der Waals surface area contributed by atoms with Crippen LogP contribution in [0.5, 0.6) is 0 Å². The number of esters is 1. The number of hydrogen-bond donors (Lipinski definition) is 1. The first-order valence-electron chi connectivity index (χ1n) is 8.31. The van der Waals surface area contributed by atoms with Gasteiger partial charge in [0.1, 0.15) is 6.04 Å². The van der Waals surface area contributed by atoms with Gasteiger partial charge < -0.3 is 10.1 Å². The fourth-order valence-electron chi connectivity index (χ4n) is 3.87. The van der Waals surface area contributed by atoms with Gasteiger partial charge in [0.25, 0.3) is 0 Å². The molecule has 4 nitrogen and oxygen atoms in total. The minimum Gasteiger partial charge on any atom is -0.468 e. The summed E-state index contributed by atoms with van der Waals surface area (Å²) in [6.45, 7) is 4.96. The maximum absolute atomic E-state index is 11.9. The predicted molar refractivity (Wildman–Crippen MR) is 80.7 cm³/mol. The SMILES string of the molecule is CCCNC(CN1CCCC2CCCCC21)C(=O)OC. The van der Waals surface area contributed by atoms with Gasteiger partial charge in [-0.2, -0.15) is 0 Å². The molecule has 2 rings (SSSR count). The second-order valence-corrected chi connectivity index (χ2v) is 6.28. The van der Waals surface area contributed by atoms with E-state index in [1.54, 1.807) is 0 Å². The largest absolute Gasteiger partial charge is 0.468 e. The number of piperidine rings is 1. The molecule has 1 saturated heterocycles. The zero-order valence-corrected chi connectivity index (χ0v) is 13.1. The molecule has 0 aromatic heterocycles. The van der Waals surface area contributed by atoms with Gasteiger partial charge in [-0.3, -0.25) is 9.69 Å². The molecule has 0 radical (unpaired) electrons. The molecule has 0 spiro atoms. The predicted octanol–water partition coefficient (Wildman–Crippen LogP) is 2.18. The van der Waals surface area contributed by atoms with E-state index in [2.05, 4.69) is 17.1 Å². The molecule has 1 heterocycles. The van der Waals surface area contributed by atoms with Crippen LogP contribution < -0.4 is 5.32 Å². The number of carbonyl (C=O) groups is 1. The van der Waals surface area contributed by atoms with Crippen molar-refractivity contribution in [3.63, 3.8) is 0 Å². The molecular formula is C16H30N2O2. The van der Waals surface area contributed by atoms with E-state index in [9.17, 15) is 4.79 Å². The highest BCUT2D eigenvalue weighted by molar-refractivity contribution is 5.75. The van der Waals surface area contributed by atoms with Crippen molar-refractivity contribution in [2.24, 2.45) is 5.92 Å². The molecule has 4 heteroatoms. The van der Waals surface area contributed by atoms with Crippen molar-refractivity contribution < 1.29 is 9.53 Å². The molecule has 0 amide bonds. The molecule has 1 saturated carbocycles. The molecular weight excluding hydrogens is 252 g/mol. The van der Waals surface area contributed by atoms with E-state index in [4.69, 9.17) is 4.74 Å². The molecule has 1 aliphatic heterocycles. The number of methoxy groups -OCH3 is 1. The Balaban J connectivity index is 1.94. The van der Waals surface area contributed by atoms with Gasteiger partial charge in [0.05, 0.1) is 7.11 Å². The number of fused-ring (bicyclic) bond motifs is 1. The zero-order valence-electron chi connectivity index (χ0n) is 13.1. The maximum Gasteiger partial charge on any atom is 0.324 e. The third-order valence-electron chi connectivity index (χ3n) is 4.90. The number of carbonyl (C=O) groups excluding carboxylic acids is 1. The van der Waals surface area contributed by atoms with E-state index in [0.717, 1.165) is 32.0 Å². The van der Waals surface area contributed by atoms with Crippen LogP contribution >= 0.6 is 0 Å². The summed E-state index contributed by atoms with van der Waals surface area (Å²) in [4.78, 5) is 14.5. The smallest absolute Gasteiger partial charge is 0.324 e. The quantitative estimate of drug-likeness (QED) is 0.758. The van der Waals surface area contributed by atoms with E-state index in [1.165, 1.54) is 45.6 Å². The minimum atomic E-state index is -0.166. The summed E-state index contributed by atoms with van der Waals surface area (Å²) in [7, 11) is 1.49. The summed E-state index contributed by atoms with van der Waals surface area (Å²) in [6, 6.07) is 0.536. The van der Waals surface area contributed by atoms with Crippen LogP contribution in [0, 0.1) is 5.92 Å². The first-order valence-corrected chi connectivity index (χ1v) is 8.31. The lowest BCUT2D eigenvalue weighted by molar-refractivity contribution is -0.144. The number of hydrogen-bond acceptors (Lipinski definition) is 4. The Morgan fingerprint density at radius 1 is 1.30 bits per heavy atom. The average Bonchev–Trinajstić information content (AvgIpc) is 2.50. The summed E-state index contributed by atoms with van der Waals surface area (Å²) in [5.41, 5.74) is 0. The topological polar surface area (TPSA) is 41.6 Å². The molecule has 3 atom stereocenters. The van der Waals surface area contributed by atoms with E-state index in [0.29, 0.717) is 6.04 Å². The molecule has 1 aliphatic carbocycles. The van der Waals surface area contributed by atoms with Crippen LogP contribution in [0.25, 0.3) is 0 Å². The third-order valence-corrected chi connectivity index (χ3v) is 4.90. The normalized spacial score (nSPS) is 28.7. The lowest BCUT2D eigenvalue weighted by Gasteiger charge is -2.45. The van der Waals surface area contributed by atoms with Crippen molar-refractivity contribution in [2.75, 3.05) is 26.7 Å². The van der Waals surface area contributed by atoms with Crippen molar-refractivity contribution in [1.82, 2.24) is 10.2 Å². The second-order valence-electron chi connectivity index (χ2n) is 6.28. The second kappa shape index (κ2) is 7.99. The lowest BCUT2D eigenvalue weighted by atomic mass is 9.78. The van der Waals surface area contributed by atoms with Crippen molar-refractivity contribution in [1.29, 1.82) is 0 Å². The number of likely N-dealkylation sites (tertiary alicyclic amines) is 1. The Bertz CT molecular complexity index is 307. The van der Waals surface area contributed by atoms with Gasteiger partial charge in [-0.25, -0.2) is 0 Å². The molecule has 20 heavy (non-hydrogen) atoms. The molecule has 0 aromatic rings. The first kappa shape index (κ1) is 15.8. The lowest BCUT2D eigenvalue weighted by Crippen LogP contribution is -2.54. The summed E-state index contributed by atoms with van der Waals surface area (Å²) in [5, 5.41) is 3.35. The van der Waals surface area contributed by atoms with Crippen molar-refractivity contribution in [2.45, 2.75) is 64.0 Å². The van der Waals surface area contributed by atoms with Gasteiger partial charge in [-0.15, -0.1) is 0 Å². The maximum atomic E-state index is 11.9. The van der Waals surface area contributed by atoms with E-state index in [-0.39, 0.29) is 12.0 Å². The molecule has 116 valence electrons. The molecule has 3 unspecified atom stereocenters. The summed E-state index contributed by atoms with van der Waals surface area (Å²) >= 11 is 0. The summed E-state index contributed by atoms with van der Waals surface area (Å²) < 4.78 is 4.96. The van der Waals surface area contributed by atoms with Gasteiger partial charge in [0.15, 0.2) is 0 Å². The Hall–Kier alpha value is -0.610. The Kier molecular flexibility index (Phi) is 6.30. The minimum absolute atomic E-state index is 0.114. The number of nitrogens with one attached hydrogen (secondary N) is 1. The van der Waals surface area contributed by atoms with E-state index >= 15 is 0 Å². The molecule has 2 aliphatic rings. The van der Waals surface area contributed by atoms with Gasteiger partial charge in [0.2, 0.25) is 0 Å². The molecule has 2 fully saturated rings.